The summed E-state index contributed by atoms with van der Waals surface area (Å²) in [7, 11) is -3.46. The van der Waals surface area contributed by atoms with Gasteiger partial charge in [0.1, 0.15) is 10.0 Å². The molecule has 0 amide bonds. The summed E-state index contributed by atoms with van der Waals surface area (Å²) in [6, 6.07) is 7.27. The molecular weight excluding hydrogens is 346 g/mol. The van der Waals surface area contributed by atoms with Gasteiger partial charge in [0.2, 0.25) is 10.0 Å². The highest BCUT2D eigenvalue weighted by Crippen LogP contribution is 2.21. The Balaban J connectivity index is 1.62. The van der Waals surface area contributed by atoms with Crippen LogP contribution in [-0.2, 0) is 21.3 Å². The van der Waals surface area contributed by atoms with Crippen LogP contribution in [0.4, 0.5) is 5.82 Å². The quantitative estimate of drug-likeness (QED) is 0.877. The Hall–Kier alpha value is -1.48. The third-order valence-electron chi connectivity index (χ3n) is 3.82. The van der Waals surface area contributed by atoms with Crippen molar-refractivity contribution in [1.29, 1.82) is 0 Å². The molecule has 1 atom stereocenters. The molecule has 130 valence electrons. The molecule has 1 unspecified atom stereocenters. The Morgan fingerprint density at radius 1 is 1.38 bits per heavy atom. The van der Waals surface area contributed by atoms with Crippen molar-refractivity contribution in [3.63, 3.8) is 0 Å². The Bertz CT molecular complexity index is 787. The van der Waals surface area contributed by atoms with E-state index in [0.717, 1.165) is 29.3 Å². The molecule has 1 N–H and O–H groups in total. The minimum Gasteiger partial charge on any atom is -0.375 e. The van der Waals surface area contributed by atoms with Crippen LogP contribution < -0.4 is 9.62 Å². The number of aryl methyl sites for hydroxylation is 1. The molecule has 3 heterocycles. The number of hydrogen-bond donors (Lipinski definition) is 1. The van der Waals surface area contributed by atoms with Gasteiger partial charge in [0.05, 0.1) is 12.7 Å². The van der Waals surface area contributed by atoms with Crippen molar-refractivity contribution in [2.24, 2.45) is 0 Å². The molecule has 3 rings (SSSR count). The maximum absolute atomic E-state index is 12.2. The van der Waals surface area contributed by atoms with E-state index in [1.807, 2.05) is 26.0 Å². The number of ether oxygens (including phenoxy) is 1. The molecule has 0 aromatic carbocycles. The van der Waals surface area contributed by atoms with E-state index in [9.17, 15) is 8.42 Å². The van der Waals surface area contributed by atoms with E-state index >= 15 is 0 Å². The second-order valence-corrected chi connectivity index (χ2v) is 9.12. The zero-order chi connectivity index (χ0) is 17.2. The molecule has 0 radical (unpaired) electrons. The fraction of sp³-hybridized carbons (Fsp3) is 0.438. The van der Waals surface area contributed by atoms with E-state index in [2.05, 4.69) is 14.6 Å². The van der Waals surface area contributed by atoms with E-state index in [-0.39, 0.29) is 12.6 Å². The fourth-order valence-corrected chi connectivity index (χ4v) is 4.89. The molecule has 2 aromatic rings. The predicted molar refractivity (Wildman–Crippen MR) is 94.9 cm³/mol. The number of rotatable bonds is 5. The number of hydrogen-bond acceptors (Lipinski definition) is 6. The number of sulfonamides is 1. The molecule has 0 aliphatic carbocycles. The van der Waals surface area contributed by atoms with Crippen LogP contribution in [0, 0.1) is 6.92 Å². The average Bonchev–Trinajstić information content (AvgIpc) is 3.01. The van der Waals surface area contributed by atoms with Crippen molar-refractivity contribution in [2.75, 3.05) is 24.6 Å². The minimum absolute atomic E-state index is 0.196. The van der Waals surface area contributed by atoms with E-state index in [4.69, 9.17) is 4.74 Å². The van der Waals surface area contributed by atoms with Crippen LogP contribution in [0.25, 0.3) is 0 Å². The van der Waals surface area contributed by atoms with Gasteiger partial charge in [-0.05, 0) is 37.6 Å². The van der Waals surface area contributed by atoms with E-state index in [1.54, 1.807) is 18.3 Å². The standard InChI is InChI=1S/C16H21N3O3S2/c1-12-11-19(7-8-22-12)15-5-4-14(9-17-15)10-18-24(20,21)16-6-3-13(2)23-16/h3-6,9,12,18H,7-8,10-11H2,1-2H3. The molecule has 1 aliphatic heterocycles. The van der Waals surface area contributed by atoms with Crippen molar-refractivity contribution in [2.45, 2.75) is 30.7 Å². The predicted octanol–water partition coefficient (Wildman–Crippen LogP) is 2.16. The summed E-state index contributed by atoms with van der Waals surface area (Å²) in [5, 5.41) is 0. The maximum atomic E-state index is 12.2. The van der Waals surface area contributed by atoms with Crippen LogP contribution in [0.2, 0.25) is 0 Å². The summed E-state index contributed by atoms with van der Waals surface area (Å²) >= 11 is 1.27. The van der Waals surface area contributed by atoms with Crippen molar-refractivity contribution in [1.82, 2.24) is 9.71 Å². The normalized spacial score (nSPS) is 18.8. The Morgan fingerprint density at radius 3 is 2.83 bits per heavy atom. The van der Waals surface area contributed by atoms with Crippen molar-refractivity contribution >= 4 is 27.2 Å². The SMILES string of the molecule is Cc1ccc(S(=O)(=O)NCc2ccc(N3CCOC(C)C3)nc2)s1. The van der Waals surface area contributed by atoms with Gasteiger partial charge >= 0.3 is 0 Å². The molecule has 24 heavy (non-hydrogen) atoms. The number of pyridine rings is 1. The van der Waals surface area contributed by atoms with Crippen molar-refractivity contribution in [3.05, 3.63) is 40.9 Å². The van der Waals surface area contributed by atoms with Gasteiger partial charge < -0.3 is 9.64 Å². The lowest BCUT2D eigenvalue weighted by Gasteiger charge is -2.32. The number of aromatic nitrogens is 1. The van der Waals surface area contributed by atoms with E-state index < -0.39 is 10.0 Å². The zero-order valence-corrected chi connectivity index (χ0v) is 15.4. The highest BCUT2D eigenvalue weighted by molar-refractivity contribution is 7.91. The molecule has 6 nitrogen and oxygen atoms in total. The van der Waals surface area contributed by atoms with Gasteiger partial charge in [-0.3, -0.25) is 0 Å². The van der Waals surface area contributed by atoms with Gasteiger partial charge in [-0.25, -0.2) is 18.1 Å². The van der Waals surface area contributed by atoms with Gasteiger partial charge in [0.25, 0.3) is 0 Å². The molecule has 1 aliphatic rings. The topological polar surface area (TPSA) is 71.5 Å². The van der Waals surface area contributed by atoms with E-state index in [1.165, 1.54) is 11.3 Å². The summed E-state index contributed by atoms with van der Waals surface area (Å²) in [5.74, 6) is 0.894. The molecular formula is C16H21N3O3S2. The number of thiophene rings is 1. The van der Waals surface area contributed by atoms with Gasteiger partial charge in [0, 0.05) is 30.7 Å². The Labute approximate surface area is 146 Å². The number of nitrogens with one attached hydrogen (secondary N) is 1. The summed E-state index contributed by atoms with van der Waals surface area (Å²) in [6.45, 7) is 6.49. The number of anilines is 1. The second kappa shape index (κ2) is 7.18. The highest BCUT2D eigenvalue weighted by Gasteiger charge is 2.18. The van der Waals surface area contributed by atoms with Crippen LogP contribution in [0.1, 0.15) is 17.4 Å². The lowest BCUT2D eigenvalue weighted by Crippen LogP contribution is -2.41. The van der Waals surface area contributed by atoms with Crippen LogP contribution >= 0.6 is 11.3 Å². The minimum atomic E-state index is -3.46. The van der Waals surface area contributed by atoms with Crippen molar-refractivity contribution < 1.29 is 13.2 Å². The molecule has 0 bridgehead atoms. The van der Waals surface area contributed by atoms with Crippen molar-refractivity contribution in [3.8, 4) is 0 Å². The first-order chi connectivity index (χ1) is 11.4. The number of morpholine rings is 1. The second-order valence-electron chi connectivity index (χ2n) is 5.84. The average molecular weight is 367 g/mol. The third-order valence-corrected chi connectivity index (χ3v) is 6.71. The van der Waals surface area contributed by atoms with Gasteiger partial charge in [-0.2, -0.15) is 0 Å². The lowest BCUT2D eigenvalue weighted by atomic mass is 10.2. The van der Waals surface area contributed by atoms with Crippen LogP contribution in [0.3, 0.4) is 0 Å². The largest absolute Gasteiger partial charge is 0.375 e. The molecule has 1 saturated heterocycles. The molecule has 2 aromatic heterocycles. The van der Waals surface area contributed by atoms with E-state index in [0.29, 0.717) is 10.8 Å². The van der Waals surface area contributed by atoms with Crippen LogP contribution in [0.15, 0.2) is 34.7 Å². The van der Waals surface area contributed by atoms with Gasteiger partial charge in [0.15, 0.2) is 0 Å². The lowest BCUT2D eigenvalue weighted by molar-refractivity contribution is 0.0529. The maximum Gasteiger partial charge on any atom is 0.250 e. The highest BCUT2D eigenvalue weighted by atomic mass is 32.2. The van der Waals surface area contributed by atoms with Gasteiger partial charge in [-0.15, -0.1) is 11.3 Å². The first-order valence-corrected chi connectivity index (χ1v) is 10.1. The first kappa shape index (κ1) is 17.3. The molecule has 0 spiro atoms. The summed E-state index contributed by atoms with van der Waals surface area (Å²) in [6.07, 6.45) is 1.92. The van der Waals surface area contributed by atoms with Gasteiger partial charge in [-0.1, -0.05) is 6.07 Å². The third kappa shape index (κ3) is 4.13. The molecule has 8 heteroatoms. The zero-order valence-electron chi connectivity index (χ0n) is 13.7. The monoisotopic (exact) mass is 367 g/mol. The Morgan fingerprint density at radius 2 is 2.21 bits per heavy atom. The smallest absolute Gasteiger partial charge is 0.250 e. The molecule has 1 fully saturated rings. The number of nitrogens with zero attached hydrogens (tertiary/aromatic N) is 2. The summed E-state index contributed by atoms with van der Waals surface area (Å²) < 4.78 is 32.9. The fourth-order valence-electron chi connectivity index (χ4n) is 2.54. The van der Waals surface area contributed by atoms with Crippen LogP contribution in [0.5, 0.6) is 0 Å². The summed E-state index contributed by atoms with van der Waals surface area (Å²) in [4.78, 5) is 7.60. The Kier molecular flexibility index (Phi) is 5.19. The summed E-state index contributed by atoms with van der Waals surface area (Å²) in [5.41, 5.74) is 0.830. The molecule has 0 saturated carbocycles. The first-order valence-electron chi connectivity index (χ1n) is 7.81. The van der Waals surface area contributed by atoms with Crippen LogP contribution in [-0.4, -0.2) is 39.2 Å².